The molecule has 0 aliphatic heterocycles. The maximum absolute atomic E-state index is 14.2. The summed E-state index contributed by atoms with van der Waals surface area (Å²) in [6.45, 7) is 11.1. The SMILES string of the molecule is Cc1cc(C)cc(N(CC(=O)N(Cc2ccccc2C)[C@@H](Cc2ccccc2)C(=O)NC(C)(C)C)S(C)(=O)=O)c1. The van der Waals surface area contributed by atoms with Gasteiger partial charge in [-0.3, -0.25) is 13.9 Å². The Kier molecular flexibility index (Phi) is 9.79. The van der Waals surface area contributed by atoms with Gasteiger partial charge in [0, 0.05) is 18.5 Å². The molecule has 8 heteroatoms. The van der Waals surface area contributed by atoms with Crippen LogP contribution in [-0.2, 0) is 32.6 Å². The van der Waals surface area contributed by atoms with Crippen molar-refractivity contribution in [2.24, 2.45) is 0 Å². The molecule has 3 aromatic rings. The Balaban J connectivity index is 2.10. The van der Waals surface area contributed by atoms with Crippen LogP contribution in [0, 0.1) is 20.8 Å². The number of anilines is 1. The van der Waals surface area contributed by atoms with Crippen LogP contribution in [0.25, 0.3) is 0 Å². The molecule has 0 heterocycles. The average Bonchev–Trinajstić information content (AvgIpc) is 2.83. The van der Waals surface area contributed by atoms with Crippen LogP contribution in [0.2, 0.25) is 0 Å². The summed E-state index contributed by atoms with van der Waals surface area (Å²) in [6, 6.07) is 21.8. The smallest absolute Gasteiger partial charge is 0.244 e. The van der Waals surface area contributed by atoms with Gasteiger partial charge < -0.3 is 10.2 Å². The third kappa shape index (κ3) is 8.68. The molecule has 0 aliphatic carbocycles. The van der Waals surface area contributed by atoms with Crippen molar-refractivity contribution in [3.8, 4) is 0 Å². The number of rotatable bonds is 10. The molecule has 0 spiro atoms. The van der Waals surface area contributed by atoms with Crippen molar-refractivity contribution in [3.05, 3.63) is 101 Å². The van der Waals surface area contributed by atoms with Crippen LogP contribution in [0.5, 0.6) is 0 Å². The third-order valence-corrected chi connectivity index (χ3v) is 7.69. The van der Waals surface area contributed by atoms with Gasteiger partial charge >= 0.3 is 0 Å². The Morgan fingerprint density at radius 1 is 0.875 bits per heavy atom. The Labute approximate surface area is 239 Å². The van der Waals surface area contributed by atoms with Crippen LogP contribution in [0.15, 0.2) is 72.8 Å². The van der Waals surface area contributed by atoms with Crippen LogP contribution >= 0.6 is 0 Å². The van der Waals surface area contributed by atoms with Gasteiger partial charge in [0.1, 0.15) is 12.6 Å². The predicted octanol–water partition coefficient (Wildman–Crippen LogP) is 4.93. The van der Waals surface area contributed by atoms with Gasteiger partial charge in [0.05, 0.1) is 11.9 Å². The highest BCUT2D eigenvalue weighted by Gasteiger charge is 2.34. The molecule has 0 bridgehead atoms. The van der Waals surface area contributed by atoms with E-state index in [1.54, 1.807) is 12.1 Å². The Morgan fingerprint density at radius 3 is 2.00 bits per heavy atom. The van der Waals surface area contributed by atoms with Crippen molar-refractivity contribution in [3.63, 3.8) is 0 Å². The summed E-state index contributed by atoms with van der Waals surface area (Å²) in [5.74, 6) is -0.756. The zero-order valence-corrected chi connectivity index (χ0v) is 25.4. The van der Waals surface area contributed by atoms with E-state index >= 15 is 0 Å². The van der Waals surface area contributed by atoms with Gasteiger partial charge in [0.2, 0.25) is 21.8 Å². The first-order valence-electron chi connectivity index (χ1n) is 13.4. The van der Waals surface area contributed by atoms with Crippen molar-refractivity contribution in [1.82, 2.24) is 10.2 Å². The fourth-order valence-electron chi connectivity index (χ4n) is 4.69. The number of nitrogens with one attached hydrogen (secondary N) is 1. The quantitative estimate of drug-likeness (QED) is 0.379. The van der Waals surface area contributed by atoms with Gasteiger partial charge in [0.15, 0.2) is 0 Å². The molecule has 7 nitrogen and oxygen atoms in total. The summed E-state index contributed by atoms with van der Waals surface area (Å²) in [5.41, 5.74) is 4.43. The molecule has 1 atom stereocenters. The van der Waals surface area contributed by atoms with Crippen molar-refractivity contribution in [2.75, 3.05) is 17.1 Å². The first-order chi connectivity index (χ1) is 18.6. The number of hydrogen-bond donors (Lipinski definition) is 1. The van der Waals surface area contributed by atoms with Crippen LogP contribution in [0.3, 0.4) is 0 Å². The molecule has 40 heavy (non-hydrogen) atoms. The molecule has 0 saturated heterocycles. The number of nitrogens with zero attached hydrogens (tertiary/aromatic N) is 2. The summed E-state index contributed by atoms with van der Waals surface area (Å²) in [4.78, 5) is 29.5. The monoisotopic (exact) mass is 563 g/mol. The molecule has 1 N–H and O–H groups in total. The molecule has 0 fully saturated rings. The number of sulfonamides is 1. The normalized spacial score (nSPS) is 12.5. The minimum absolute atomic E-state index is 0.158. The molecule has 0 aliphatic rings. The average molecular weight is 564 g/mol. The summed E-state index contributed by atoms with van der Waals surface area (Å²) in [7, 11) is -3.81. The highest BCUT2D eigenvalue weighted by Crippen LogP contribution is 2.23. The lowest BCUT2D eigenvalue weighted by molar-refractivity contribution is -0.140. The molecular weight excluding hydrogens is 522 g/mol. The number of hydrogen-bond acceptors (Lipinski definition) is 4. The Morgan fingerprint density at radius 2 is 1.45 bits per heavy atom. The highest BCUT2D eigenvalue weighted by molar-refractivity contribution is 7.92. The second-order valence-corrected chi connectivity index (χ2v) is 13.4. The zero-order chi connectivity index (χ0) is 29.7. The molecule has 3 aromatic carbocycles. The summed E-state index contributed by atoms with van der Waals surface area (Å²) >= 11 is 0. The van der Waals surface area contributed by atoms with Gasteiger partial charge in [0.25, 0.3) is 0 Å². The molecular formula is C32H41N3O4S. The largest absolute Gasteiger partial charge is 0.350 e. The summed E-state index contributed by atoms with van der Waals surface area (Å²) in [5, 5.41) is 3.04. The van der Waals surface area contributed by atoms with Crippen LogP contribution in [0.4, 0.5) is 5.69 Å². The molecule has 0 saturated carbocycles. The van der Waals surface area contributed by atoms with Crippen molar-refractivity contribution in [2.45, 2.75) is 66.1 Å². The van der Waals surface area contributed by atoms with E-state index in [0.717, 1.165) is 38.4 Å². The van der Waals surface area contributed by atoms with Gasteiger partial charge in [-0.2, -0.15) is 0 Å². The van der Waals surface area contributed by atoms with E-state index in [2.05, 4.69) is 5.32 Å². The van der Waals surface area contributed by atoms with Gasteiger partial charge in [-0.05, 0) is 81.5 Å². The van der Waals surface area contributed by atoms with Crippen molar-refractivity contribution >= 4 is 27.5 Å². The topological polar surface area (TPSA) is 86.8 Å². The molecule has 2 amide bonds. The predicted molar refractivity (Wildman–Crippen MR) is 162 cm³/mol. The zero-order valence-electron chi connectivity index (χ0n) is 24.6. The van der Waals surface area contributed by atoms with Gasteiger partial charge in [-0.25, -0.2) is 8.42 Å². The van der Waals surface area contributed by atoms with Gasteiger partial charge in [-0.15, -0.1) is 0 Å². The van der Waals surface area contributed by atoms with Crippen molar-refractivity contribution in [1.29, 1.82) is 0 Å². The number of aryl methyl sites for hydroxylation is 3. The first kappa shape index (κ1) is 30.9. The van der Waals surface area contributed by atoms with Crippen molar-refractivity contribution < 1.29 is 18.0 Å². The Hall–Kier alpha value is -3.65. The molecule has 0 unspecified atom stereocenters. The van der Waals surface area contributed by atoms with Crippen LogP contribution in [-0.4, -0.2) is 49.5 Å². The number of benzene rings is 3. The van der Waals surface area contributed by atoms with E-state index in [1.807, 2.05) is 102 Å². The summed E-state index contributed by atoms with van der Waals surface area (Å²) < 4.78 is 27.1. The second kappa shape index (κ2) is 12.7. The van der Waals surface area contributed by atoms with E-state index in [1.165, 1.54) is 4.90 Å². The highest BCUT2D eigenvalue weighted by atomic mass is 32.2. The second-order valence-electron chi connectivity index (χ2n) is 11.5. The van der Waals surface area contributed by atoms with E-state index in [4.69, 9.17) is 0 Å². The van der Waals surface area contributed by atoms with E-state index in [9.17, 15) is 18.0 Å². The van der Waals surface area contributed by atoms with Gasteiger partial charge in [-0.1, -0.05) is 60.7 Å². The Bertz CT molecular complexity index is 1430. The minimum atomic E-state index is -3.81. The lowest BCUT2D eigenvalue weighted by atomic mass is 10.00. The third-order valence-electron chi connectivity index (χ3n) is 6.54. The number of amides is 2. The lowest BCUT2D eigenvalue weighted by Gasteiger charge is -2.35. The van der Waals surface area contributed by atoms with Crippen LogP contribution < -0.4 is 9.62 Å². The fraction of sp³-hybridized carbons (Fsp3) is 0.375. The lowest BCUT2D eigenvalue weighted by Crippen LogP contribution is -2.56. The standard InChI is InChI=1S/C32H41N3O4S/c1-23-17-24(2)19-28(18-23)35(40(7,38)39)22-30(36)34(21-27-16-12-11-13-25(27)3)29(31(37)33-32(4,5)6)20-26-14-9-8-10-15-26/h8-19,29H,20-22H2,1-7H3,(H,33,37)/t29-/m0/s1. The van der Waals surface area contributed by atoms with E-state index < -0.39 is 34.1 Å². The van der Waals surface area contributed by atoms with Crippen LogP contribution in [0.1, 0.15) is 48.6 Å². The molecule has 0 radical (unpaired) electrons. The van der Waals surface area contributed by atoms with E-state index in [-0.39, 0.29) is 18.9 Å². The molecule has 3 rings (SSSR count). The fourth-order valence-corrected chi connectivity index (χ4v) is 5.52. The first-order valence-corrected chi connectivity index (χ1v) is 15.2. The molecule has 0 aromatic heterocycles. The minimum Gasteiger partial charge on any atom is -0.350 e. The maximum atomic E-state index is 14.2. The van der Waals surface area contributed by atoms with E-state index in [0.29, 0.717) is 5.69 Å². The summed E-state index contributed by atoms with van der Waals surface area (Å²) in [6.07, 6.45) is 1.38. The molecule has 214 valence electrons. The number of carbonyl (C=O) groups excluding carboxylic acids is 2. The maximum Gasteiger partial charge on any atom is 0.244 e. The number of carbonyl (C=O) groups is 2.